The van der Waals surface area contributed by atoms with Crippen LogP contribution in [0.3, 0.4) is 0 Å². The molecule has 0 aliphatic heterocycles. The normalized spacial score (nSPS) is 7.22. The molecule has 0 radical (unpaired) electrons. The second kappa shape index (κ2) is 14.6. The number of aliphatic carboxylic acids is 1. The van der Waals surface area contributed by atoms with Crippen LogP contribution in [-0.4, -0.2) is 34.7 Å². The number of carboxylic acids is 1. The van der Waals surface area contributed by atoms with Crippen molar-refractivity contribution in [1.29, 1.82) is 0 Å². The van der Waals surface area contributed by atoms with Gasteiger partial charge in [-0.25, -0.2) is 4.79 Å². The van der Waals surface area contributed by atoms with Crippen molar-refractivity contribution < 1.29 is 24.6 Å². The Kier molecular flexibility index (Phi) is 17.0. The summed E-state index contributed by atoms with van der Waals surface area (Å²) in [5.74, 6) is -1.78. The summed E-state index contributed by atoms with van der Waals surface area (Å²) in [6.07, 6.45) is 1.93. The van der Waals surface area contributed by atoms with Gasteiger partial charge in [0.1, 0.15) is 6.73 Å². The number of carboxylic acid groups (broad SMARTS) is 1. The number of rotatable bonds is 4. The zero-order valence-corrected chi connectivity index (χ0v) is 10.2. The van der Waals surface area contributed by atoms with Crippen molar-refractivity contribution >= 4 is 17.8 Å². The monoisotopic (exact) mass is 258 g/mol. The van der Waals surface area contributed by atoms with Gasteiger partial charge in [-0.1, -0.05) is 19.7 Å². The van der Waals surface area contributed by atoms with E-state index in [0.717, 1.165) is 12.2 Å². The second-order valence-electron chi connectivity index (χ2n) is 2.59. The molecule has 0 aromatic carbocycles. The van der Waals surface area contributed by atoms with Crippen molar-refractivity contribution in [3.63, 3.8) is 0 Å². The molecule has 0 aromatic rings. The molecule has 0 unspecified atom stereocenters. The molecule has 0 saturated heterocycles. The molecule has 0 aromatic heterocycles. The van der Waals surface area contributed by atoms with Gasteiger partial charge in [0.05, 0.1) is 0 Å². The lowest BCUT2D eigenvalue weighted by atomic mass is 10.3. The highest BCUT2D eigenvalue weighted by Gasteiger charge is 1.86. The summed E-state index contributed by atoms with van der Waals surface area (Å²) in [6, 6.07) is 0. The fourth-order valence-corrected chi connectivity index (χ4v) is 0.150. The third-order valence-electron chi connectivity index (χ3n) is 1.03. The molecule has 102 valence electrons. The summed E-state index contributed by atoms with van der Waals surface area (Å²) in [4.78, 5) is 29.1. The van der Waals surface area contributed by atoms with Gasteiger partial charge in [0, 0.05) is 11.6 Å². The lowest BCUT2D eigenvalue weighted by Crippen LogP contribution is -2.20. The largest absolute Gasteiger partial charge is 0.478 e. The summed E-state index contributed by atoms with van der Waals surface area (Å²) in [5, 5.41) is 17.7. The number of primary amides is 1. The molecule has 0 aliphatic rings. The topological polar surface area (TPSA) is 130 Å². The van der Waals surface area contributed by atoms with Crippen LogP contribution in [-0.2, 0) is 14.4 Å². The Morgan fingerprint density at radius 1 is 1.28 bits per heavy atom. The molecule has 18 heavy (non-hydrogen) atoms. The van der Waals surface area contributed by atoms with Crippen LogP contribution in [0.1, 0.15) is 6.92 Å². The number of aliphatic hydroxyl groups is 1. The standard InChI is InChI=1S/C4H7NO2.C4H7NO.C3H4O2/c1-2-4(7)5-3-6;1-3(2)4(5)6;1-2-3(4)5/h2,6H,1,3H2,(H,5,7);1H2,2H3,(H2,5,6);2H,1H2,(H,4,5). The average Bonchev–Trinajstić information content (AvgIpc) is 2.30. The number of aliphatic hydroxyl groups excluding tert-OH is 1. The third kappa shape index (κ3) is 29.2. The van der Waals surface area contributed by atoms with Crippen molar-refractivity contribution in [2.75, 3.05) is 6.73 Å². The maximum Gasteiger partial charge on any atom is 0.327 e. The van der Waals surface area contributed by atoms with Crippen LogP contribution < -0.4 is 11.1 Å². The van der Waals surface area contributed by atoms with Gasteiger partial charge >= 0.3 is 5.97 Å². The molecule has 0 heterocycles. The van der Waals surface area contributed by atoms with Gasteiger partial charge < -0.3 is 21.3 Å². The first-order valence-electron chi connectivity index (χ1n) is 4.54. The quantitative estimate of drug-likeness (QED) is 0.400. The van der Waals surface area contributed by atoms with Crippen LogP contribution >= 0.6 is 0 Å². The van der Waals surface area contributed by atoms with E-state index < -0.39 is 11.9 Å². The van der Waals surface area contributed by atoms with Gasteiger partial charge in [-0.2, -0.15) is 0 Å². The maximum atomic E-state index is 10.0. The van der Waals surface area contributed by atoms with Crippen molar-refractivity contribution in [1.82, 2.24) is 5.32 Å². The Balaban J connectivity index is -0.000000190. The zero-order chi connectivity index (χ0) is 15.1. The van der Waals surface area contributed by atoms with Crippen LogP contribution in [0.4, 0.5) is 0 Å². The first kappa shape index (κ1) is 20.9. The minimum atomic E-state index is -0.981. The van der Waals surface area contributed by atoms with Gasteiger partial charge in [-0.15, -0.1) is 0 Å². The number of hydrogen-bond acceptors (Lipinski definition) is 4. The number of amides is 2. The van der Waals surface area contributed by atoms with E-state index in [-0.39, 0.29) is 12.6 Å². The van der Waals surface area contributed by atoms with Crippen LogP contribution in [0.25, 0.3) is 0 Å². The van der Waals surface area contributed by atoms with Gasteiger partial charge in [0.25, 0.3) is 0 Å². The van der Waals surface area contributed by atoms with Crippen molar-refractivity contribution in [2.24, 2.45) is 5.73 Å². The number of hydrogen-bond donors (Lipinski definition) is 4. The van der Waals surface area contributed by atoms with Gasteiger partial charge in [0.15, 0.2) is 0 Å². The lowest BCUT2D eigenvalue weighted by Gasteiger charge is -1.89. The Morgan fingerprint density at radius 3 is 1.67 bits per heavy atom. The number of carbonyl (C=O) groups is 3. The molecule has 7 heteroatoms. The highest BCUT2D eigenvalue weighted by molar-refractivity contribution is 5.90. The van der Waals surface area contributed by atoms with Crippen molar-refractivity contribution in [3.8, 4) is 0 Å². The van der Waals surface area contributed by atoms with E-state index in [1.54, 1.807) is 6.92 Å². The Morgan fingerprint density at radius 2 is 1.61 bits per heavy atom. The van der Waals surface area contributed by atoms with E-state index in [4.69, 9.17) is 15.9 Å². The van der Waals surface area contributed by atoms with Gasteiger partial charge in [-0.05, 0) is 13.0 Å². The number of nitrogens with two attached hydrogens (primary N) is 1. The molecule has 0 aliphatic carbocycles. The zero-order valence-electron chi connectivity index (χ0n) is 10.2. The van der Waals surface area contributed by atoms with Crippen LogP contribution in [0.5, 0.6) is 0 Å². The molecule has 2 amide bonds. The number of carbonyl (C=O) groups excluding carboxylic acids is 2. The fourth-order valence-electron chi connectivity index (χ4n) is 0.150. The van der Waals surface area contributed by atoms with E-state index in [1.807, 2.05) is 0 Å². The van der Waals surface area contributed by atoms with E-state index >= 15 is 0 Å². The van der Waals surface area contributed by atoms with E-state index in [1.165, 1.54) is 0 Å². The highest BCUT2D eigenvalue weighted by atomic mass is 16.4. The minimum Gasteiger partial charge on any atom is -0.478 e. The predicted molar refractivity (Wildman–Crippen MR) is 67.3 cm³/mol. The number of nitrogens with one attached hydrogen (secondary N) is 1. The molecule has 0 rings (SSSR count). The summed E-state index contributed by atoms with van der Waals surface area (Å²) in [6.45, 7) is 10.6. The van der Waals surface area contributed by atoms with E-state index in [2.05, 4.69) is 25.1 Å². The fraction of sp³-hybridized carbons (Fsp3) is 0.182. The van der Waals surface area contributed by atoms with Crippen LogP contribution in [0.15, 0.2) is 37.5 Å². The van der Waals surface area contributed by atoms with Crippen molar-refractivity contribution in [3.05, 3.63) is 37.5 Å². The lowest BCUT2D eigenvalue weighted by molar-refractivity contribution is -0.131. The predicted octanol–water partition coefficient (Wildman–Crippen LogP) is -0.457. The second-order valence-corrected chi connectivity index (χ2v) is 2.59. The van der Waals surface area contributed by atoms with Crippen molar-refractivity contribution in [2.45, 2.75) is 6.92 Å². The molecule has 0 fully saturated rings. The maximum absolute atomic E-state index is 10.0. The van der Waals surface area contributed by atoms with Gasteiger partial charge in [-0.3, -0.25) is 9.59 Å². The Labute approximate surface area is 105 Å². The molecule has 5 N–H and O–H groups in total. The summed E-state index contributed by atoms with van der Waals surface area (Å²) >= 11 is 0. The van der Waals surface area contributed by atoms with E-state index in [0.29, 0.717) is 5.57 Å². The minimum absolute atomic E-state index is 0.329. The average molecular weight is 258 g/mol. The van der Waals surface area contributed by atoms with Crippen LogP contribution in [0.2, 0.25) is 0 Å². The Bertz CT molecular complexity index is 311. The molecular weight excluding hydrogens is 240 g/mol. The Hall–Kier alpha value is -2.41. The molecule has 7 nitrogen and oxygen atoms in total. The molecule has 0 bridgehead atoms. The molecule has 0 spiro atoms. The molecule has 0 saturated carbocycles. The summed E-state index contributed by atoms with van der Waals surface area (Å²) in [7, 11) is 0. The smallest absolute Gasteiger partial charge is 0.327 e. The molecule has 0 atom stereocenters. The SMILES string of the molecule is C=C(C)C(N)=O.C=CC(=O)NCO.C=CC(=O)O. The van der Waals surface area contributed by atoms with Gasteiger partial charge in [0.2, 0.25) is 11.8 Å². The van der Waals surface area contributed by atoms with E-state index in [9.17, 15) is 14.4 Å². The van der Waals surface area contributed by atoms with Crippen LogP contribution in [0, 0.1) is 0 Å². The molecular formula is C11H18N2O5. The summed E-state index contributed by atoms with van der Waals surface area (Å²) < 4.78 is 0. The summed E-state index contributed by atoms with van der Waals surface area (Å²) in [5.41, 5.74) is 5.09. The first-order chi connectivity index (χ1) is 8.22. The first-order valence-corrected chi connectivity index (χ1v) is 4.54. The highest BCUT2D eigenvalue weighted by Crippen LogP contribution is 1.78. The third-order valence-corrected chi connectivity index (χ3v) is 1.03.